The highest BCUT2D eigenvalue weighted by molar-refractivity contribution is 8.00. The smallest absolute Gasteiger partial charge is 0.150 e. The van der Waals surface area contributed by atoms with Crippen LogP contribution in [0.4, 0.5) is 5.69 Å². The quantitative estimate of drug-likeness (QED) is 0.587. The third-order valence-corrected chi connectivity index (χ3v) is 5.02. The second-order valence-corrected chi connectivity index (χ2v) is 6.34. The molecular weight excluding hydrogens is 274 g/mol. The van der Waals surface area contributed by atoms with Crippen molar-refractivity contribution in [3.63, 3.8) is 0 Å². The molecule has 0 amide bonds. The van der Waals surface area contributed by atoms with Crippen LogP contribution in [0.1, 0.15) is 11.3 Å². The van der Waals surface area contributed by atoms with Crippen molar-refractivity contribution in [1.82, 2.24) is 9.97 Å². The number of fused-ring (bicyclic) bond motifs is 1. The van der Waals surface area contributed by atoms with E-state index in [0.717, 1.165) is 32.4 Å². The minimum atomic E-state index is 0.780. The SMILES string of the molecule is Cc1csc(SCc2ccc(N)c3cccnc23)n1. The number of anilines is 1. The van der Waals surface area contributed by atoms with Crippen molar-refractivity contribution in [2.75, 3.05) is 5.73 Å². The summed E-state index contributed by atoms with van der Waals surface area (Å²) in [5.41, 5.74) is 10.0. The lowest BCUT2D eigenvalue weighted by molar-refractivity contribution is 1.16. The molecule has 0 spiro atoms. The van der Waals surface area contributed by atoms with Crippen LogP contribution in [0.5, 0.6) is 0 Å². The molecule has 2 N–H and O–H groups in total. The third-order valence-electron chi connectivity index (χ3n) is 2.84. The standard InChI is InChI=1S/C14H13N3S2/c1-9-7-18-14(17-9)19-8-10-4-5-12(15)11-3-2-6-16-13(10)11/h2-7H,8,15H2,1H3. The number of rotatable bonds is 3. The zero-order valence-corrected chi connectivity index (χ0v) is 12.1. The number of aryl methyl sites for hydroxylation is 1. The number of aromatic nitrogens is 2. The molecule has 19 heavy (non-hydrogen) atoms. The summed E-state index contributed by atoms with van der Waals surface area (Å²) in [6, 6.07) is 7.93. The van der Waals surface area contributed by atoms with Crippen LogP contribution in [-0.4, -0.2) is 9.97 Å². The number of benzene rings is 1. The van der Waals surface area contributed by atoms with Gasteiger partial charge in [0, 0.05) is 34.1 Å². The molecule has 96 valence electrons. The third kappa shape index (κ3) is 2.57. The molecule has 2 aromatic heterocycles. The van der Waals surface area contributed by atoms with Crippen molar-refractivity contribution >= 4 is 39.7 Å². The van der Waals surface area contributed by atoms with Crippen LogP contribution in [0.15, 0.2) is 40.2 Å². The maximum atomic E-state index is 5.98. The van der Waals surface area contributed by atoms with Gasteiger partial charge < -0.3 is 5.73 Å². The van der Waals surface area contributed by atoms with Gasteiger partial charge in [-0.3, -0.25) is 4.98 Å². The summed E-state index contributed by atoms with van der Waals surface area (Å²) in [6.45, 7) is 2.01. The van der Waals surface area contributed by atoms with Gasteiger partial charge in [-0.1, -0.05) is 17.8 Å². The highest BCUT2D eigenvalue weighted by Crippen LogP contribution is 2.30. The molecule has 0 aliphatic heterocycles. The fourth-order valence-electron chi connectivity index (χ4n) is 1.91. The minimum absolute atomic E-state index is 0.780. The first-order valence-electron chi connectivity index (χ1n) is 5.91. The molecule has 0 atom stereocenters. The van der Waals surface area contributed by atoms with E-state index < -0.39 is 0 Å². The van der Waals surface area contributed by atoms with Crippen LogP contribution < -0.4 is 5.73 Å². The van der Waals surface area contributed by atoms with Crippen molar-refractivity contribution in [2.45, 2.75) is 17.0 Å². The molecule has 0 bridgehead atoms. The molecule has 3 nitrogen and oxygen atoms in total. The number of thiazole rings is 1. The average molecular weight is 287 g/mol. The van der Waals surface area contributed by atoms with E-state index in [1.54, 1.807) is 23.1 Å². The number of nitrogens with zero attached hydrogens (tertiary/aromatic N) is 2. The normalized spacial score (nSPS) is 11.0. The summed E-state index contributed by atoms with van der Waals surface area (Å²) in [5, 5.41) is 3.10. The molecule has 0 fully saturated rings. The van der Waals surface area contributed by atoms with Crippen molar-refractivity contribution in [3.05, 3.63) is 47.1 Å². The van der Waals surface area contributed by atoms with E-state index in [9.17, 15) is 0 Å². The van der Waals surface area contributed by atoms with E-state index in [1.807, 2.05) is 31.3 Å². The fourth-order valence-corrected chi connectivity index (χ4v) is 3.74. The summed E-state index contributed by atoms with van der Waals surface area (Å²) >= 11 is 3.43. The Morgan fingerprint density at radius 2 is 2.21 bits per heavy atom. The van der Waals surface area contributed by atoms with Gasteiger partial charge in [0.15, 0.2) is 0 Å². The number of hydrogen-bond acceptors (Lipinski definition) is 5. The highest BCUT2D eigenvalue weighted by Gasteiger charge is 2.07. The topological polar surface area (TPSA) is 51.8 Å². The Morgan fingerprint density at radius 3 is 3.00 bits per heavy atom. The van der Waals surface area contributed by atoms with Crippen LogP contribution in [-0.2, 0) is 5.75 Å². The van der Waals surface area contributed by atoms with Gasteiger partial charge in [0.1, 0.15) is 4.34 Å². The summed E-state index contributed by atoms with van der Waals surface area (Å²) in [4.78, 5) is 8.91. The Balaban J connectivity index is 1.91. The largest absolute Gasteiger partial charge is 0.398 e. The lowest BCUT2D eigenvalue weighted by Crippen LogP contribution is -1.92. The molecule has 3 rings (SSSR count). The zero-order valence-electron chi connectivity index (χ0n) is 10.5. The summed E-state index contributed by atoms with van der Waals surface area (Å²) in [6.07, 6.45) is 1.81. The van der Waals surface area contributed by atoms with Crippen molar-refractivity contribution < 1.29 is 0 Å². The van der Waals surface area contributed by atoms with E-state index >= 15 is 0 Å². The summed E-state index contributed by atoms with van der Waals surface area (Å²) in [7, 11) is 0. The van der Waals surface area contributed by atoms with Gasteiger partial charge in [-0.25, -0.2) is 4.98 Å². The van der Waals surface area contributed by atoms with Gasteiger partial charge in [0.25, 0.3) is 0 Å². The van der Waals surface area contributed by atoms with E-state index in [4.69, 9.17) is 5.73 Å². The maximum absolute atomic E-state index is 5.98. The van der Waals surface area contributed by atoms with Crippen LogP contribution in [0.2, 0.25) is 0 Å². The fraction of sp³-hybridized carbons (Fsp3) is 0.143. The summed E-state index contributed by atoms with van der Waals surface area (Å²) in [5.74, 6) is 0.862. The van der Waals surface area contributed by atoms with Crippen LogP contribution in [0.25, 0.3) is 10.9 Å². The highest BCUT2D eigenvalue weighted by atomic mass is 32.2. The molecule has 0 unspecified atom stereocenters. The van der Waals surface area contributed by atoms with E-state index in [2.05, 4.69) is 21.4 Å². The minimum Gasteiger partial charge on any atom is -0.398 e. The van der Waals surface area contributed by atoms with Gasteiger partial charge in [0.05, 0.1) is 5.52 Å². The predicted molar refractivity (Wildman–Crippen MR) is 82.6 cm³/mol. The van der Waals surface area contributed by atoms with Crippen molar-refractivity contribution in [2.24, 2.45) is 0 Å². The van der Waals surface area contributed by atoms with Gasteiger partial charge in [-0.15, -0.1) is 11.3 Å². The summed E-state index contributed by atoms with van der Waals surface area (Å²) < 4.78 is 1.10. The average Bonchev–Trinajstić information content (AvgIpc) is 2.84. The van der Waals surface area contributed by atoms with Crippen LogP contribution in [0.3, 0.4) is 0 Å². The molecule has 3 aromatic rings. The molecule has 1 aromatic carbocycles. The lowest BCUT2D eigenvalue weighted by atomic mass is 10.1. The second-order valence-electron chi connectivity index (χ2n) is 4.26. The number of nitrogen functional groups attached to an aromatic ring is 1. The number of pyridine rings is 1. The van der Waals surface area contributed by atoms with Gasteiger partial charge in [-0.05, 0) is 30.7 Å². The number of thioether (sulfide) groups is 1. The lowest BCUT2D eigenvalue weighted by Gasteiger charge is -2.06. The van der Waals surface area contributed by atoms with Crippen LogP contribution in [0, 0.1) is 6.92 Å². The first kappa shape index (κ1) is 12.4. The molecule has 5 heteroatoms. The maximum Gasteiger partial charge on any atom is 0.150 e. The molecule has 0 saturated carbocycles. The van der Waals surface area contributed by atoms with E-state index in [-0.39, 0.29) is 0 Å². The number of nitrogens with two attached hydrogens (primary N) is 1. The Hall–Kier alpha value is -1.59. The van der Waals surface area contributed by atoms with Gasteiger partial charge in [0.2, 0.25) is 0 Å². The van der Waals surface area contributed by atoms with Gasteiger partial charge >= 0.3 is 0 Å². The second kappa shape index (κ2) is 5.19. The molecule has 0 aliphatic carbocycles. The van der Waals surface area contributed by atoms with Crippen LogP contribution >= 0.6 is 23.1 Å². The molecular formula is C14H13N3S2. The Morgan fingerprint density at radius 1 is 1.32 bits per heavy atom. The Kier molecular flexibility index (Phi) is 3.40. The van der Waals surface area contributed by atoms with Crippen molar-refractivity contribution in [1.29, 1.82) is 0 Å². The first-order valence-corrected chi connectivity index (χ1v) is 7.77. The zero-order chi connectivity index (χ0) is 13.2. The molecule has 0 aliphatic rings. The Bertz CT molecular complexity index is 722. The molecule has 2 heterocycles. The molecule has 0 radical (unpaired) electrons. The molecule has 0 saturated heterocycles. The van der Waals surface area contributed by atoms with E-state index in [1.165, 1.54) is 5.56 Å². The monoisotopic (exact) mass is 287 g/mol. The predicted octanol–water partition coefficient (Wildman–Crippen LogP) is 3.87. The Labute approximate surface area is 119 Å². The van der Waals surface area contributed by atoms with Gasteiger partial charge in [-0.2, -0.15) is 0 Å². The van der Waals surface area contributed by atoms with E-state index in [0.29, 0.717) is 0 Å². The van der Waals surface area contributed by atoms with Crippen molar-refractivity contribution in [3.8, 4) is 0 Å². The first-order chi connectivity index (χ1) is 9.24. The number of hydrogen-bond donors (Lipinski definition) is 1.